The monoisotopic (exact) mass is 458 g/mol. The number of ether oxygens (including phenoxy) is 1. The van der Waals surface area contributed by atoms with Crippen molar-refractivity contribution in [3.8, 4) is 0 Å². The fraction of sp³-hybridized carbons (Fsp3) is 0.786. The van der Waals surface area contributed by atoms with Crippen LogP contribution in [0.2, 0.25) is 0 Å². The van der Waals surface area contributed by atoms with Gasteiger partial charge in [-0.1, -0.05) is 41.5 Å². The number of carbonyl (C=O) groups is 2. The van der Waals surface area contributed by atoms with E-state index < -0.39 is 16.9 Å². The Hall–Kier alpha value is -1.62. The summed E-state index contributed by atoms with van der Waals surface area (Å²) in [6.45, 7) is 12.9. The average Bonchev–Trinajstić information content (AvgIpc) is 3.00. The Morgan fingerprint density at radius 2 is 1.82 bits per heavy atom. The minimum Gasteiger partial charge on any atom is -0.512 e. The highest BCUT2D eigenvalue weighted by molar-refractivity contribution is 6.00. The number of ketones is 1. The number of allylic oxidation sites excluding steroid dienone is 2. The van der Waals surface area contributed by atoms with Crippen LogP contribution in [0.5, 0.6) is 0 Å². The Balaban J connectivity index is 1.75. The lowest BCUT2D eigenvalue weighted by molar-refractivity contribution is -0.141. The van der Waals surface area contributed by atoms with Crippen molar-refractivity contribution in [1.29, 1.82) is 0 Å². The summed E-state index contributed by atoms with van der Waals surface area (Å²) in [5.74, 6) is 1.06. The first-order valence-electron chi connectivity index (χ1n) is 12.7. The zero-order valence-corrected chi connectivity index (χ0v) is 21.5. The van der Waals surface area contributed by atoms with Crippen molar-refractivity contribution in [3.05, 3.63) is 22.5 Å². The van der Waals surface area contributed by atoms with Gasteiger partial charge in [-0.25, -0.2) is 0 Å². The molecule has 0 spiro atoms. The number of hydrogen-bond acceptors (Lipinski definition) is 5. The summed E-state index contributed by atoms with van der Waals surface area (Å²) in [7, 11) is 1.43. The van der Waals surface area contributed by atoms with Crippen molar-refractivity contribution in [3.63, 3.8) is 0 Å². The molecular formula is C28H42O5. The van der Waals surface area contributed by atoms with Crippen molar-refractivity contribution in [2.45, 2.75) is 99.0 Å². The number of rotatable bonds is 4. The zero-order chi connectivity index (χ0) is 24.6. The number of Topliss-reactive ketones (excluding diaryl/α,β-unsaturated/α-hetero) is 1. The first-order chi connectivity index (χ1) is 15.2. The molecule has 2 N–H and O–H groups in total. The highest BCUT2D eigenvalue weighted by atomic mass is 16.5. The molecule has 4 rings (SSSR count). The van der Waals surface area contributed by atoms with Gasteiger partial charge in [0, 0.05) is 35.7 Å². The molecule has 4 aliphatic carbocycles. The lowest BCUT2D eigenvalue weighted by Gasteiger charge is -2.58. The van der Waals surface area contributed by atoms with Gasteiger partial charge in [0.05, 0.1) is 19.0 Å². The van der Waals surface area contributed by atoms with Gasteiger partial charge >= 0.3 is 5.97 Å². The Kier molecular flexibility index (Phi) is 5.71. The molecule has 0 radical (unpaired) electrons. The highest BCUT2D eigenvalue weighted by Crippen LogP contribution is 2.71. The lowest BCUT2D eigenvalue weighted by atomic mass is 9.45. The predicted octanol–water partition coefficient (Wildman–Crippen LogP) is 5.67. The van der Waals surface area contributed by atoms with Crippen LogP contribution in [-0.2, 0) is 14.3 Å². The zero-order valence-electron chi connectivity index (χ0n) is 21.5. The van der Waals surface area contributed by atoms with Crippen LogP contribution in [0.4, 0.5) is 0 Å². The van der Waals surface area contributed by atoms with Crippen LogP contribution in [-0.4, -0.2) is 35.2 Å². The van der Waals surface area contributed by atoms with E-state index in [0.29, 0.717) is 49.7 Å². The van der Waals surface area contributed by atoms with E-state index in [1.807, 2.05) is 13.8 Å². The molecule has 0 aromatic heterocycles. The fourth-order valence-corrected chi connectivity index (χ4v) is 8.62. The Morgan fingerprint density at radius 3 is 2.45 bits per heavy atom. The smallest absolute Gasteiger partial charge is 0.305 e. The van der Waals surface area contributed by atoms with E-state index in [-0.39, 0.29) is 22.6 Å². The second-order valence-corrected chi connectivity index (χ2v) is 12.5. The van der Waals surface area contributed by atoms with Gasteiger partial charge in [0.15, 0.2) is 5.78 Å². The standard InChI is InChI=1S/C28H42O5/c1-16(8-9-22(32)33-7)17-10-13-27(5)18-14-19(29)24-25(2,3)21(31)11-12-26(24,4)23(18)20(30)15-28(17,27)6/h16-17,21,29,31H,8-15H2,1-7H3. The van der Waals surface area contributed by atoms with Crippen LogP contribution in [0, 0.1) is 33.5 Å². The summed E-state index contributed by atoms with van der Waals surface area (Å²) >= 11 is 0. The first-order valence-corrected chi connectivity index (χ1v) is 12.7. The molecule has 0 bridgehead atoms. The number of aliphatic hydroxyl groups is 2. The predicted molar refractivity (Wildman–Crippen MR) is 127 cm³/mol. The van der Waals surface area contributed by atoms with E-state index in [0.717, 1.165) is 36.0 Å². The molecular weight excluding hydrogens is 416 g/mol. The molecule has 5 heteroatoms. The molecule has 5 nitrogen and oxygen atoms in total. The van der Waals surface area contributed by atoms with Crippen molar-refractivity contribution in [2.75, 3.05) is 7.11 Å². The van der Waals surface area contributed by atoms with Gasteiger partial charge in [-0.2, -0.15) is 0 Å². The molecule has 0 aromatic carbocycles. The van der Waals surface area contributed by atoms with E-state index in [1.165, 1.54) is 7.11 Å². The van der Waals surface area contributed by atoms with Crippen molar-refractivity contribution >= 4 is 11.8 Å². The molecule has 2 fully saturated rings. The molecule has 4 aliphatic rings. The van der Waals surface area contributed by atoms with Crippen molar-refractivity contribution < 1.29 is 24.5 Å². The quantitative estimate of drug-likeness (QED) is 0.530. The van der Waals surface area contributed by atoms with Gasteiger partial charge in [0.2, 0.25) is 0 Å². The number of hydrogen-bond donors (Lipinski definition) is 2. The lowest BCUT2D eigenvalue weighted by Crippen LogP contribution is -2.53. The summed E-state index contributed by atoms with van der Waals surface area (Å²) in [6.07, 6.45) is 4.92. The summed E-state index contributed by atoms with van der Waals surface area (Å²) in [6, 6.07) is 0. The van der Waals surface area contributed by atoms with Crippen LogP contribution >= 0.6 is 0 Å². The van der Waals surface area contributed by atoms with Gasteiger partial charge in [-0.05, 0) is 65.9 Å². The Labute approximate surface area is 198 Å². The van der Waals surface area contributed by atoms with E-state index in [9.17, 15) is 19.8 Å². The van der Waals surface area contributed by atoms with Gasteiger partial charge in [0.25, 0.3) is 0 Å². The normalized spacial score (nSPS) is 40.8. The minimum atomic E-state index is -0.557. The van der Waals surface area contributed by atoms with Gasteiger partial charge in [-0.3, -0.25) is 9.59 Å². The molecule has 0 aromatic rings. The van der Waals surface area contributed by atoms with Crippen LogP contribution in [0.15, 0.2) is 22.5 Å². The molecule has 6 unspecified atom stereocenters. The maximum atomic E-state index is 14.0. The number of carbonyl (C=O) groups excluding carboxylic acids is 2. The van der Waals surface area contributed by atoms with E-state index >= 15 is 0 Å². The number of methoxy groups -OCH3 is 1. The number of aliphatic hydroxyl groups excluding tert-OH is 2. The molecule has 33 heavy (non-hydrogen) atoms. The molecule has 0 saturated heterocycles. The second kappa shape index (κ2) is 7.69. The van der Waals surface area contributed by atoms with E-state index in [4.69, 9.17) is 4.74 Å². The second-order valence-electron chi connectivity index (χ2n) is 12.5. The minimum absolute atomic E-state index is 0.164. The summed E-state index contributed by atoms with van der Waals surface area (Å²) in [4.78, 5) is 25.7. The van der Waals surface area contributed by atoms with Crippen LogP contribution in [0.1, 0.15) is 92.9 Å². The van der Waals surface area contributed by atoms with Gasteiger partial charge in [0.1, 0.15) is 0 Å². The SMILES string of the molecule is COC(=O)CCC(C)C1CCC2(C)C3=C(C(=O)CC12C)C1(C)CCC(O)C(C)(C)C1=C(O)C3. The molecule has 0 aliphatic heterocycles. The summed E-state index contributed by atoms with van der Waals surface area (Å²) < 4.78 is 4.85. The van der Waals surface area contributed by atoms with Crippen molar-refractivity contribution in [2.24, 2.45) is 33.5 Å². The number of esters is 1. The topological polar surface area (TPSA) is 83.8 Å². The largest absolute Gasteiger partial charge is 0.512 e. The van der Waals surface area contributed by atoms with E-state index in [2.05, 4.69) is 27.7 Å². The van der Waals surface area contributed by atoms with E-state index in [1.54, 1.807) is 0 Å². The third-order valence-corrected chi connectivity index (χ3v) is 10.7. The molecule has 2 saturated carbocycles. The van der Waals surface area contributed by atoms with Crippen LogP contribution < -0.4 is 0 Å². The fourth-order valence-electron chi connectivity index (χ4n) is 8.62. The molecule has 0 amide bonds. The van der Waals surface area contributed by atoms with Gasteiger partial charge < -0.3 is 14.9 Å². The molecule has 6 atom stereocenters. The number of fused-ring (bicyclic) bond motifs is 4. The third-order valence-electron chi connectivity index (χ3n) is 10.7. The third kappa shape index (κ3) is 3.20. The maximum Gasteiger partial charge on any atom is 0.305 e. The summed E-state index contributed by atoms with van der Waals surface area (Å²) in [5.41, 5.74) is 1.50. The van der Waals surface area contributed by atoms with Crippen LogP contribution in [0.3, 0.4) is 0 Å². The average molecular weight is 459 g/mol. The Bertz CT molecular complexity index is 942. The highest BCUT2D eigenvalue weighted by Gasteiger charge is 2.65. The maximum absolute atomic E-state index is 14.0. The Morgan fingerprint density at radius 1 is 1.15 bits per heavy atom. The molecule has 184 valence electrons. The summed E-state index contributed by atoms with van der Waals surface area (Å²) in [5, 5.41) is 22.1. The van der Waals surface area contributed by atoms with Crippen molar-refractivity contribution in [1.82, 2.24) is 0 Å². The van der Waals surface area contributed by atoms with Crippen LogP contribution in [0.25, 0.3) is 0 Å². The molecule has 0 heterocycles. The first kappa shape index (κ1) is 24.5. The van der Waals surface area contributed by atoms with Gasteiger partial charge in [-0.15, -0.1) is 0 Å².